The number of nitrogen functional groups attached to an aromatic ring is 1. The molecule has 0 bridgehead atoms. The standard InChI is InChI=1S/C16H16N2O2S/c1-10(19)21-13-8-16(20)18(9-13)15-7-12-5-3-2-4-11(12)6-14(15)17/h2-7,13H,8-9,17H2,1H3. The number of nitrogens with two attached hydrogens (primary N) is 1. The Hall–Kier alpha value is -2.01. The number of benzene rings is 2. The molecule has 1 amide bonds. The summed E-state index contributed by atoms with van der Waals surface area (Å²) < 4.78 is 0. The quantitative estimate of drug-likeness (QED) is 0.866. The number of anilines is 2. The molecule has 1 aliphatic rings. The number of rotatable bonds is 2. The molecule has 2 N–H and O–H groups in total. The molecule has 2 aromatic rings. The van der Waals surface area contributed by atoms with Gasteiger partial charge in [0.05, 0.1) is 11.4 Å². The number of carbonyl (C=O) groups is 2. The van der Waals surface area contributed by atoms with E-state index < -0.39 is 0 Å². The van der Waals surface area contributed by atoms with Crippen molar-refractivity contribution >= 4 is 44.9 Å². The van der Waals surface area contributed by atoms with Crippen LogP contribution in [0.5, 0.6) is 0 Å². The third-order valence-corrected chi connectivity index (χ3v) is 4.59. The second-order valence-corrected chi connectivity index (χ2v) is 6.68. The fourth-order valence-electron chi connectivity index (χ4n) is 2.70. The van der Waals surface area contributed by atoms with Gasteiger partial charge in [-0.05, 0) is 22.9 Å². The fourth-order valence-corrected chi connectivity index (χ4v) is 3.62. The van der Waals surface area contributed by atoms with Gasteiger partial charge in [-0.2, -0.15) is 0 Å². The summed E-state index contributed by atoms with van der Waals surface area (Å²) in [7, 11) is 0. The van der Waals surface area contributed by atoms with Gasteiger partial charge in [-0.3, -0.25) is 9.59 Å². The maximum atomic E-state index is 12.2. The normalized spacial score (nSPS) is 18.4. The molecule has 1 atom stereocenters. The lowest BCUT2D eigenvalue weighted by Crippen LogP contribution is -2.25. The molecular formula is C16H16N2O2S. The minimum absolute atomic E-state index is 0.0147. The number of thioether (sulfide) groups is 1. The van der Waals surface area contributed by atoms with Gasteiger partial charge in [-0.1, -0.05) is 36.0 Å². The van der Waals surface area contributed by atoms with Gasteiger partial charge in [0, 0.05) is 25.1 Å². The zero-order valence-electron chi connectivity index (χ0n) is 11.7. The Bertz CT molecular complexity index is 729. The van der Waals surface area contributed by atoms with Crippen LogP contribution in [0.25, 0.3) is 10.8 Å². The van der Waals surface area contributed by atoms with Crippen molar-refractivity contribution in [1.29, 1.82) is 0 Å². The summed E-state index contributed by atoms with van der Waals surface area (Å²) in [4.78, 5) is 25.1. The third-order valence-electron chi connectivity index (χ3n) is 3.61. The van der Waals surface area contributed by atoms with Crippen LogP contribution in [0.2, 0.25) is 0 Å². The molecule has 21 heavy (non-hydrogen) atoms. The first-order valence-electron chi connectivity index (χ1n) is 6.80. The molecule has 1 heterocycles. The van der Waals surface area contributed by atoms with E-state index >= 15 is 0 Å². The van der Waals surface area contributed by atoms with Gasteiger partial charge in [0.1, 0.15) is 0 Å². The highest BCUT2D eigenvalue weighted by atomic mass is 32.2. The minimum Gasteiger partial charge on any atom is -0.397 e. The summed E-state index contributed by atoms with van der Waals surface area (Å²) in [6, 6.07) is 11.8. The average Bonchev–Trinajstić information content (AvgIpc) is 2.77. The van der Waals surface area contributed by atoms with Gasteiger partial charge in [-0.15, -0.1) is 0 Å². The van der Waals surface area contributed by atoms with E-state index in [4.69, 9.17) is 5.73 Å². The monoisotopic (exact) mass is 300 g/mol. The first-order chi connectivity index (χ1) is 10.0. The van der Waals surface area contributed by atoms with Crippen molar-refractivity contribution in [3.63, 3.8) is 0 Å². The summed E-state index contributed by atoms with van der Waals surface area (Å²) in [5.41, 5.74) is 7.44. The molecule has 0 spiro atoms. The Morgan fingerprint density at radius 2 is 1.95 bits per heavy atom. The third kappa shape index (κ3) is 2.74. The molecule has 2 aromatic carbocycles. The number of hydrogen-bond acceptors (Lipinski definition) is 4. The number of amides is 1. The summed E-state index contributed by atoms with van der Waals surface area (Å²) in [6.07, 6.45) is 0.385. The maximum Gasteiger partial charge on any atom is 0.228 e. The second-order valence-electron chi connectivity index (χ2n) is 5.20. The molecule has 108 valence electrons. The zero-order chi connectivity index (χ0) is 15.0. The summed E-state index contributed by atoms with van der Waals surface area (Å²) in [5.74, 6) is 0.0238. The van der Waals surface area contributed by atoms with Crippen molar-refractivity contribution in [3.05, 3.63) is 36.4 Å². The Morgan fingerprint density at radius 1 is 1.29 bits per heavy atom. The van der Waals surface area contributed by atoms with Gasteiger partial charge in [-0.25, -0.2) is 0 Å². The molecule has 1 fully saturated rings. The van der Waals surface area contributed by atoms with E-state index in [1.807, 2.05) is 36.4 Å². The molecule has 1 unspecified atom stereocenters. The predicted octanol–water partition coefficient (Wildman–Crippen LogP) is 2.81. The van der Waals surface area contributed by atoms with E-state index in [1.54, 1.807) is 4.90 Å². The second kappa shape index (κ2) is 5.41. The molecule has 0 aliphatic carbocycles. The molecule has 5 heteroatoms. The molecule has 0 aromatic heterocycles. The van der Waals surface area contributed by atoms with Crippen molar-refractivity contribution in [2.24, 2.45) is 0 Å². The maximum absolute atomic E-state index is 12.2. The van der Waals surface area contributed by atoms with E-state index in [9.17, 15) is 9.59 Å². The molecule has 0 radical (unpaired) electrons. The van der Waals surface area contributed by atoms with E-state index in [2.05, 4.69) is 0 Å². The highest BCUT2D eigenvalue weighted by Crippen LogP contribution is 2.34. The summed E-state index contributed by atoms with van der Waals surface area (Å²) in [6.45, 7) is 2.06. The van der Waals surface area contributed by atoms with Crippen LogP contribution in [0, 0.1) is 0 Å². The molecule has 1 saturated heterocycles. The molecule has 1 aliphatic heterocycles. The van der Waals surface area contributed by atoms with E-state index in [0.29, 0.717) is 18.7 Å². The Morgan fingerprint density at radius 3 is 2.62 bits per heavy atom. The van der Waals surface area contributed by atoms with Gasteiger partial charge >= 0.3 is 0 Å². The smallest absolute Gasteiger partial charge is 0.228 e. The van der Waals surface area contributed by atoms with Crippen molar-refractivity contribution in [1.82, 2.24) is 0 Å². The van der Waals surface area contributed by atoms with Gasteiger partial charge < -0.3 is 10.6 Å². The number of hydrogen-bond donors (Lipinski definition) is 1. The first-order valence-corrected chi connectivity index (χ1v) is 7.68. The lowest BCUT2D eigenvalue weighted by molar-refractivity contribution is -0.117. The van der Waals surface area contributed by atoms with Crippen LogP contribution in [0.1, 0.15) is 13.3 Å². The highest BCUT2D eigenvalue weighted by molar-refractivity contribution is 8.14. The van der Waals surface area contributed by atoms with Gasteiger partial charge in [0.2, 0.25) is 5.91 Å². The van der Waals surface area contributed by atoms with Gasteiger partial charge in [0.15, 0.2) is 5.12 Å². The molecule has 0 saturated carbocycles. The van der Waals surface area contributed by atoms with Crippen LogP contribution in [-0.2, 0) is 9.59 Å². The van der Waals surface area contributed by atoms with Crippen LogP contribution in [0.15, 0.2) is 36.4 Å². The van der Waals surface area contributed by atoms with E-state index in [0.717, 1.165) is 16.5 Å². The van der Waals surface area contributed by atoms with Crippen LogP contribution >= 0.6 is 11.8 Å². The highest BCUT2D eigenvalue weighted by Gasteiger charge is 2.32. The lowest BCUT2D eigenvalue weighted by Gasteiger charge is -2.19. The number of fused-ring (bicyclic) bond motifs is 1. The molecule has 3 rings (SSSR count). The first kappa shape index (κ1) is 13.9. The van der Waals surface area contributed by atoms with Crippen molar-refractivity contribution in [2.75, 3.05) is 17.2 Å². The van der Waals surface area contributed by atoms with Crippen molar-refractivity contribution < 1.29 is 9.59 Å². The average molecular weight is 300 g/mol. The predicted molar refractivity (Wildman–Crippen MR) is 87.4 cm³/mol. The largest absolute Gasteiger partial charge is 0.397 e. The van der Waals surface area contributed by atoms with Crippen molar-refractivity contribution in [3.8, 4) is 0 Å². The zero-order valence-corrected chi connectivity index (χ0v) is 12.5. The summed E-state index contributed by atoms with van der Waals surface area (Å²) in [5, 5.41) is 2.17. The van der Waals surface area contributed by atoms with Crippen molar-refractivity contribution in [2.45, 2.75) is 18.6 Å². The summed E-state index contributed by atoms with van der Waals surface area (Å²) >= 11 is 1.23. The Kier molecular flexibility index (Phi) is 3.59. The van der Waals surface area contributed by atoms with E-state index in [-0.39, 0.29) is 16.3 Å². The van der Waals surface area contributed by atoms with Gasteiger partial charge in [0.25, 0.3) is 0 Å². The Labute approximate surface area is 127 Å². The number of nitrogens with zero attached hydrogens (tertiary/aromatic N) is 1. The lowest BCUT2D eigenvalue weighted by atomic mass is 10.1. The SMILES string of the molecule is CC(=O)SC1CC(=O)N(c2cc3ccccc3cc2N)C1. The molecular weight excluding hydrogens is 284 g/mol. The topological polar surface area (TPSA) is 63.4 Å². The van der Waals surface area contributed by atoms with Crippen LogP contribution in [-0.4, -0.2) is 22.8 Å². The van der Waals surface area contributed by atoms with Crippen LogP contribution in [0.4, 0.5) is 11.4 Å². The number of carbonyl (C=O) groups excluding carboxylic acids is 2. The van der Waals surface area contributed by atoms with E-state index in [1.165, 1.54) is 18.7 Å². The van der Waals surface area contributed by atoms with Crippen LogP contribution < -0.4 is 10.6 Å². The van der Waals surface area contributed by atoms with Crippen LogP contribution in [0.3, 0.4) is 0 Å². The molecule has 4 nitrogen and oxygen atoms in total. The fraction of sp³-hybridized carbons (Fsp3) is 0.250. The Balaban J connectivity index is 1.95. The minimum atomic E-state index is 0.0147.